The minimum atomic E-state index is -0.595. The Morgan fingerprint density at radius 2 is 2.04 bits per heavy atom. The lowest BCUT2D eigenvalue weighted by atomic mass is 10.2. The summed E-state index contributed by atoms with van der Waals surface area (Å²) in [5.41, 5.74) is 7.75. The van der Waals surface area contributed by atoms with Crippen LogP contribution in [0.15, 0.2) is 34.7 Å². The average Bonchev–Trinajstić information content (AvgIpc) is 2.96. The number of hydrogen-bond acceptors (Lipinski definition) is 5. The number of aromatic amines is 1. The summed E-state index contributed by atoms with van der Waals surface area (Å²) in [5, 5.41) is 0. The number of nitrogens with zero attached hydrogens (tertiary/aromatic N) is 2. The van der Waals surface area contributed by atoms with Crippen molar-refractivity contribution in [1.82, 2.24) is 14.5 Å². The highest BCUT2D eigenvalue weighted by Gasteiger charge is 2.14. The molecule has 2 rings (SSSR count). The second-order valence-corrected chi connectivity index (χ2v) is 5.16. The van der Waals surface area contributed by atoms with Crippen LogP contribution in [-0.4, -0.2) is 27.6 Å². The van der Waals surface area contributed by atoms with Crippen molar-refractivity contribution in [2.24, 2.45) is 7.05 Å². The first-order valence-electron chi connectivity index (χ1n) is 8.57. The number of nitrogens with two attached hydrogens (primary N) is 1. The zero-order valence-electron chi connectivity index (χ0n) is 16.7. The van der Waals surface area contributed by atoms with Gasteiger partial charge in [0.15, 0.2) is 5.69 Å². The molecule has 0 unspecified atom stereocenters. The molecule has 3 N–H and O–H groups in total. The van der Waals surface area contributed by atoms with Gasteiger partial charge in [-0.1, -0.05) is 44.6 Å². The second-order valence-electron chi connectivity index (χ2n) is 5.16. The van der Waals surface area contributed by atoms with Crippen molar-refractivity contribution in [2.75, 3.05) is 12.8 Å². The fourth-order valence-corrected chi connectivity index (χ4v) is 1.83. The fraction of sp³-hybridized carbons (Fsp3) is 0.421. The molecule has 0 aliphatic heterocycles. The Labute approximate surface area is 154 Å². The number of allylic oxidation sites excluding steroid dienone is 4. The molecule has 2 aromatic rings. The van der Waals surface area contributed by atoms with Gasteiger partial charge in [0.25, 0.3) is 0 Å². The van der Waals surface area contributed by atoms with Crippen LogP contribution < -0.4 is 11.4 Å². The van der Waals surface area contributed by atoms with Gasteiger partial charge in [-0.05, 0) is 26.3 Å². The van der Waals surface area contributed by atoms with Gasteiger partial charge in [-0.2, -0.15) is 0 Å². The van der Waals surface area contributed by atoms with E-state index in [1.165, 1.54) is 23.3 Å². The van der Waals surface area contributed by atoms with E-state index in [0.29, 0.717) is 11.0 Å². The van der Waals surface area contributed by atoms with Crippen LogP contribution >= 0.6 is 0 Å². The number of anilines is 1. The third-order valence-electron chi connectivity index (χ3n) is 3.45. The van der Waals surface area contributed by atoms with E-state index in [1.807, 2.05) is 26.8 Å². The number of nitrogen functional groups attached to an aromatic ring is 1. The summed E-state index contributed by atoms with van der Waals surface area (Å²) >= 11 is 0. The van der Waals surface area contributed by atoms with Gasteiger partial charge < -0.3 is 15.5 Å². The lowest BCUT2D eigenvalue weighted by molar-refractivity contribution is 0.0594. The lowest BCUT2D eigenvalue weighted by Crippen LogP contribution is -2.12. The molecule has 0 fully saturated rings. The molecule has 7 heteroatoms. The molecule has 0 saturated carbocycles. The number of methoxy groups -OCH3 is 1. The smallest absolute Gasteiger partial charge is 0.356 e. The van der Waals surface area contributed by atoms with Crippen molar-refractivity contribution in [3.05, 3.63) is 46.0 Å². The maximum Gasteiger partial charge on any atom is 0.356 e. The first kappa shape index (κ1) is 23.2. The molecular formula is C19H30N4O3. The molecule has 2 aromatic heterocycles. The SMILES string of the molecule is C/C=C\C=C(\C)CC.CC.COC(=O)c1cc2c([nH]c(=O)n2C)c(N)n1. The third kappa shape index (κ3) is 6.23. The Hall–Kier alpha value is -2.83. The Balaban J connectivity index is 0.000000533. The molecule has 7 nitrogen and oxygen atoms in total. The Morgan fingerprint density at radius 1 is 1.42 bits per heavy atom. The zero-order valence-corrected chi connectivity index (χ0v) is 16.7. The molecule has 0 saturated heterocycles. The van der Waals surface area contributed by atoms with Crippen molar-refractivity contribution in [1.29, 1.82) is 0 Å². The highest BCUT2D eigenvalue weighted by atomic mass is 16.5. The molecule has 0 atom stereocenters. The topological polar surface area (TPSA) is 103 Å². The van der Waals surface area contributed by atoms with E-state index >= 15 is 0 Å². The molecule has 0 bridgehead atoms. The first-order valence-corrected chi connectivity index (χ1v) is 8.57. The summed E-state index contributed by atoms with van der Waals surface area (Å²) in [6, 6.07) is 1.45. The van der Waals surface area contributed by atoms with Crippen molar-refractivity contribution in [2.45, 2.75) is 41.0 Å². The number of ether oxygens (including phenoxy) is 1. The number of nitrogens with one attached hydrogen (secondary N) is 1. The molecule has 0 aliphatic rings. The monoisotopic (exact) mass is 362 g/mol. The predicted octanol–water partition coefficient (Wildman–Crippen LogP) is 3.58. The van der Waals surface area contributed by atoms with Crippen LogP contribution in [0.4, 0.5) is 5.82 Å². The van der Waals surface area contributed by atoms with E-state index < -0.39 is 5.97 Å². The van der Waals surface area contributed by atoms with Gasteiger partial charge in [0, 0.05) is 7.05 Å². The predicted molar refractivity (Wildman–Crippen MR) is 107 cm³/mol. The van der Waals surface area contributed by atoms with Crippen LogP contribution in [-0.2, 0) is 11.8 Å². The fourth-order valence-electron chi connectivity index (χ4n) is 1.83. The van der Waals surface area contributed by atoms with Crippen molar-refractivity contribution < 1.29 is 9.53 Å². The van der Waals surface area contributed by atoms with Gasteiger partial charge in [0.2, 0.25) is 0 Å². The quantitative estimate of drug-likeness (QED) is 0.642. The van der Waals surface area contributed by atoms with Gasteiger partial charge >= 0.3 is 11.7 Å². The van der Waals surface area contributed by atoms with Crippen LogP contribution in [0.5, 0.6) is 0 Å². The Bertz CT molecular complexity index is 829. The van der Waals surface area contributed by atoms with Gasteiger partial charge in [-0.15, -0.1) is 0 Å². The lowest BCUT2D eigenvalue weighted by Gasteiger charge is -2.01. The van der Waals surface area contributed by atoms with Crippen LogP contribution in [0.3, 0.4) is 0 Å². The van der Waals surface area contributed by atoms with Crippen LogP contribution in [0, 0.1) is 0 Å². The standard InChI is InChI=1S/C9H10N4O3.C8H14.C2H6/c1-13-5-3-4(8(14)16-2)11-7(10)6(5)12-9(13)15;1-4-6-7-8(3)5-2;1-2/h3H,1-2H3,(H2,10,11)(H,12,15);4,6-7H,5H2,1-3H3;1-2H3/b;6-4-,8-7-;. The number of aryl methyl sites for hydroxylation is 1. The molecule has 0 radical (unpaired) electrons. The van der Waals surface area contributed by atoms with E-state index in [-0.39, 0.29) is 17.2 Å². The summed E-state index contributed by atoms with van der Waals surface area (Å²) in [5.74, 6) is -0.502. The van der Waals surface area contributed by atoms with Crippen LogP contribution in [0.1, 0.15) is 51.5 Å². The molecule has 0 spiro atoms. The molecule has 144 valence electrons. The number of rotatable bonds is 3. The number of carbonyl (C=O) groups is 1. The molecule has 0 aliphatic carbocycles. The van der Waals surface area contributed by atoms with Gasteiger partial charge in [0.1, 0.15) is 11.3 Å². The minimum Gasteiger partial charge on any atom is -0.464 e. The van der Waals surface area contributed by atoms with Gasteiger partial charge in [-0.3, -0.25) is 4.57 Å². The van der Waals surface area contributed by atoms with E-state index in [2.05, 4.69) is 40.7 Å². The summed E-state index contributed by atoms with van der Waals surface area (Å²) in [4.78, 5) is 29.0. The third-order valence-corrected chi connectivity index (χ3v) is 3.45. The average molecular weight is 362 g/mol. The number of esters is 1. The number of H-pyrrole nitrogens is 1. The highest BCUT2D eigenvalue weighted by Crippen LogP contribution is 2.16. The summed E-state index contributed by atoms with van der Waals surface area (Å²) < 4.78 is 5.88. The number of carbonyl (C=O) groups excluding carboxylic acids is 1. The van der Waals surface area contributed by atoms with Gasteiger partial charge in [0.05, 0.1) is 12.6 Å². The van der Waals surface area contributed by atoms with E-state index in [9.17, 15) is 9.59 Å². The van der Waals surface area contributed by atoms with Crippen LogP contribution in [0.25, 0.3) is 11.0 Å². The Kier molecular flexibility index (Phi) is 10.4. The van der Waals surface area contributed by atoms with E-state index in [4.69, 9.17) is 5.73 Å². The molecular weight excluding hydrogens is 332 g/mol. The molecule has 26 heavy (non-hydrogen) atoms. The number of aromatic nitrogens is 3. The highest BCUT2D eigenvalue weighted by molar-refractivity contribution is 5.94. The van der Waals surface area contributed by atoms with E-state index in [0.717, 1.165) is 6.42 Å². The summed E-state index contributed by atoms with van der Waals surface area (Å²) in [7, 11) is 2.82. The largest absolute Gasteiger partial charge is 0.464 e. The van der Waals surface area contributed by atoms with Gasteiger partial charge in [-0.25, -0.2) is 14.6 Å². The van der Waals surface area contributed by atoms with Crippen molar-refractivity contribution in [3.8, 4) is 0 Å². The van der Waals surface area contributed by atoms with Crippen molar-refractivity contribution in [3.63, 3.8) is 0 Å². The molecule has 2 heterocycles. The normalized spacial score (nSPS) is 10.8. The second kappa shape index (κ2) is 11.7. The van der Waals surface area contributed by atoms with Crippen molar-refractivity contribution >= 4 is 22.8 Å². The maximum absolute atomic E-state index is 11.3. The van der Waals surface area contributed by atoms with Crippen LogP contribution in [0.2, 0.25) is 0 Å². The molecule has 0 amide bonds. The summed E-state index contributed by atoms with van der Waals surface area (Å²) in [6.45, 7) is 10.3. The Morgan fingerprint density at radius 3 is 2.54 bits per heavy atom. The number of hydrogen-bond donors (Lipinski definition) is 2. The number of pyridine rings is 1. The first-order chi connectivity index (χ1) is 12.3. The molecule has 0 aromatic carbocycles. The number of fused-ring (bicyclic) bond motifs is 1. The summed E-state index contributed by atoms with van der Waals surface area (Å²) in [6.07, 6.45) is 7.41. The van der Waals surface area contributed by atoms with E-state index in [1.54, 1.807) is 7.05 Å². The zero-order chi connectivity index (χ0) is 20.3. The minimum absolute atomic E-state index is 0.0714. The number of imidazole rings is 1. The maximum atomic E-state index is 11.3.